The molecule has 1 aromatic carbocycles. The van der Waals surface area contributed by atoms with Gasteiger partial charge in [-0.25, -0.2) is 9.07 Å². The van der Waals surface area contributed by atoms with Gasteiger partial charge in [0.25, 0.3) is 0 Å². The molecule has 1 saturated carbocycles. The van der Waals surface area contributed by atoms with E-state index in [4.69, 9.17) is 4.74 Å². The molecule has 2 aromatic rings. The first-order chi connectivity index (χ1) is 14.3. The predicted molar refractivity (Wildman–Crippen MR) is 105 cm³/mol. The van der Waals surface area contributed by atoms with Gasteiger partial charge in [0.15, 0.2) is 0 Å². The SMILES string of the molecule is CN(C)C1OC(CO)C(O)C(n2cc(-c3cccc(F)c3)nn2)C1O.O=CC1CC1. The lowest BCUT2D eigenvalue weighted by molar-refractivity contribution is -0.239. The predicted octanol–water partition coefficient (Wildman–Crippen LogP) is 0.221. The van der Waals surface area contributed by atoms with Crippen molar-refractivity contribution in [3.63, 3.8) is 0 Å². The second-order valence-electron chi connectivity index (χ2n) is 7.75. The van der Waals surface area contributed by atoms with Gasteiger partial charge in [-0.1, -0.05) is 17.3 Å². The van der Waals surface area contributed by atoms with E-state index in [0.717, 1.165) is 19.1 Å². The maximum Gasteiger partial charge on any atom is 0.139 e. The second kappa shape index (κ2) is 9.71. The highest BCUT2D eigenvalue weighted by Crippen LogP contribution is 2.31. The van der Waals surface area contributed by atoms with Gasteiger partial charge in [-0.15, -0.1) is 5.10 Å². The van der Waals surface area contributed by atoms with E-state index in [1.54, 1.807) is 31.1 Å². The van der Waals surface area contributed by atoms with Gasteiger partial charge in [0.2, 0.25) is 0 Å². The highest BCUT2D eigenvalue weighted by molar-refractivity contribution is 5.57. The summed E-state index contributed by atoms with van der Waals surface area (Å²) in [5.41, 5.74) is 0.942. The monoisotopic (exact) mass is 422 g/mol. The van der Waals surface area contributed by atoms with Gasteiger partial charge >= 0.3 is 0 Å². The molecule has 2 aliphatic rings. The van der Waals surface area contributed by atoms with Crippen molar-refractivity contribution < 1.29 is 29.2 Å². The molecule has 0 radical (unpaired) electrons. The fourth-order valence-corrected chi connectivity index (χ4v) is 3.26. The zero-order chi connectivity index (χ0) is 21.8. The van der Waals surface area contributed by atoms with Crippen LogP contribution in [0.5, 0.6) is 0 Å². The van der Waals surface area contributed by atoms with E-state index in [0.29, 0.717) is 17.2 Å². The van der Waals surface area contributed by atoms with Crippen molar-refractivity contribution in [2.24, 2.45) is 5.92 Å². The average Bonchev–Trinajstić information content (AvgIpc) is 3.45. The zero-order valence-electron chi connectivity index (χ0n) is 16.9. The Kier molecular flexibility index (Phi) is 7.27. The van der Waals surface area contributed by atoms with Crippen molar-refractivity contribution in [2.75, 3.05) is 20.7 Å². The first-order valence-corrected chi connectivity index (χ1v) is 9.77. The van der Waals surface area contributed by atoms with Crippen molar-refractivity contribution >= 4 is 6.29 Å². The number of halogens is 1. The number of rotatable bonds is 5. The van der Waals surface area contributed by atoms with Crippen molar-refractivity contribution in [3.8, 4) is 11.3 Å². The van der Waals surface area contributed by atoms with Gasteiger partial charge < -0.3 is 24.9 Å². The summed E-state index contributed by atoms with van der Waals surface area (Å²) in [5.74, 6) is 0.0567. The van der Waals surface area contributed by atoms with Gasteiger partial charge in [-0.2, -0.15) is 0 Å². The smallest absolute Gasteiger partial charge is 0.139 e. The summed E-state index contributed by atoms with van der Waals surface area (Å²) >= 11 is 0. The Balaban J connectivity index is 0.000000448. The maximum atomic E-state index is 13.4. The van der Waals surface area contributed by atoms with Gasteiger partial charge in [-0.05, 0) is 39.1 Å². The van der Waals surface area contributed by atoms with Crippen molar-refractivity contribution in [2.45, 2.75) is 43.4 Å². The summed E-state index contributed by atoms with van der Waals surface area (Å²) in [5, 5.41) is 38.5. The standard InChI is InChI=1S/C16H21FN4O4.C4H6O/c1-20(2)16-15(24)13(14(23)12(8-22)25-16)21-7-11(18-19-21)9-4-3-5-10(17)6-9;5-3-4-1-2-4/h3-7,12-16,22-24H,8H2,1-2H3;3-4H,1-2H2. The van der Waals surface area contributed by atoms with E-state index >= 15 is 0 Å². The number of benzene rings is 1. The Bertz CT molecular complexity index is 844. The number of carbonyl (C=O) groups is 1. The van der Waals surface area contributed by atoms with Crippen LogP contribution in [0.1, 0.15) is 18.9 Å². The molecule has 2 heterocycles. The van der Waals surface area contributed by atoms with Crippen LogP contribution in [-0.2, 0) is 9.53 Å². The van der Waals surface area contributed by atoms with E-state index in [9.17, 15) is 24.5 Å². The van der Waals surface area contributed by atoms with Gasteiger partial charge in [0.05, 0.1) is 12.8 Å². The van der Waals surface area contributed by atoms with Crippen molar-refractivity contribution in [3.05, 3.63) is 36.3 Å². The van der Waals surface area contributed by atoms with E-state index in [2.05, 4.69) is 10.3 Å². The number of carbonyl (C=O) groups excluding carboxylic acids is 1. The summed E-state index contributed by atoms with van der Waals surface area (Å²) in [6.45, 7) is -0.403. The third-order valence-corrected chi connectivity index (χ3v) is 5.13. The number of hydrogen-bond donors (Lipinski definition) is 3. The lowest BCUT2D eigenvalue weighted by Gasteiger charge is -2.44. The van der Waals surface area contributed by atoms with Crippen molar-refractivity contribution in [1.29, 1.82) is 0 Å². The summed E-state index contributed by atoms with van der Waals surface area (Å²) in [6.07, 6.45) is 0.953. The number of nitrogens with zero attached hydrogens (tertiary/aromatic N) is 4. The topological polar surface area (TPSA) is 121 Å². The number of aromatic nitrogens is 3. The van der Waals surface area contributed by atoms with Crippen LogP contribution in [-0.4, -0.2) is 86.7 Å². The van der Waals surface area contributed by atoms with Crippen LogP contribution < -0.4 is 0 Å². The fraction of sp³-hybridized carbons (Fsp3) is 0.550. The number of likely N-dealkylation sites (N-methyl/N-ethyl adjacent to an activating group) is 1. The lowest BCUT2D eigenvalue weighted by Crippen LogP contribution is -2.59. The van der Waals surface area contributed by atoms with Crippen LogP contribution in [0.25, 0.3) is 11.3 Å². The average molecular weight is 422 g/mol. The molecular weight excluding hydrogens is 395 g/mol. The molecule has 0 amide bonds. The number of aliphatic hydroxyl groups excluding tert-OH is 3. The van der Waals surface area contributed by atoms with E-state index in [1.807, 2.05) is 0 Å². The summed E-state index contributed by atoms with van der Waals surface area (Å²) in [6, 6.07) is 5.03. The minimum atomic E-state index is -1.18. The molecule has 1 aliphatic heterocycles. The minimum Gasteiger partial charge on any atom is -0.394 e. The fourth-order valence-electron chi connectivity index (χ4n) is 3.26. The minimum absolute atomic E-state index is 0.397. The summed E-state index contributed by atoms with van der Waals surface area (Å²) in [7, 11) is 3.44. The van der Waals surface area contributed by atoms with Crippen LogP contribution in [0.2, 0.25) is 0 Å². The maximum absolute atomic E-state index is 13.4. The molecule has 4 rings (SSSR count). The number of aldehydes is 1. The molecular formula is C20H27FN4O5. The first kappa shape index (κ1) is 22.4. The lowest BCUT2D eigenvalue weighted by atomic mass is 9.95. The largest absolute Gasteiger partial charge is 0.394 e. The molecule has 10 heteroatoms. The molecule has 5 unspecified atom stereocenters. The van der Waals surface area contributed by atoms with Gasteiger partial charge in [0.1, 0.15) is 48.4 Å². The van der Waals surface area contributed by atoms with E-state index in [1.165, 1.54) is 23.0 Å². The molecule has 1 aromatic heterocycles. The summed E-state index contributed by atoms with van der Waals surface area (Å²) in [4.78, 5) is 11.2. The normalized spacial score (nSPS) is 28.7. The Morgan fingerprint density at radius 3 is 2.57 bits per heavy atom. The van der Waals surface area contributed by atoms with Gasteiger partial charge in [-0.3, -0.25) is 4.90 Å². The third-order valence-electron chi connectivity index (χ3n) is 5.13. The van der Waals surface area contributed by atoms with Crippen LogP contribution in [0.4, 0.5) is 4.39 Å². The highest BCUT2D eigenvalue weighted by Gasteiger charge is 2.46. The molecule has 2 fully saturated rings. The van der Waals surface area contributed by atoms with Crippen molar-refractivity contribution in [1.82, 2.24) is 19.9 Å². The summed E-state index contributed by atoms with van der Waals surface area (Å²) < 4.78 is 20.3. The Morgan fingerprint density at radius 2 is 2.03 bits per heavy atom. The van der Waals surface area contributed by atoms with E-state index in [-0.39, 0.29) is 0 Å². The third kappa shape index (κ3) is 5.08. The molecule has 30 heavy (non-hydrogen) atoms. The first-order valence-electron chi connectivity index (χ1n) is 9.77. The molecule has 1 aliphatic carbocycles. The molecule has 9 nitrogen and oxygen atoms in total. The highest BCUT2D eigenvalue weighted by atomic mass is 19.1. The number of ether oxygens (including phenoxy) is 1. The molecule has 164 valence electrons. The Morgan fingerprint density at radius 1 is 1.30 bits per heavy atom. The second-order valence-corrected chi connectivity index (χ2v) is 7.75. The van der Waals surface area contributed by atoms with Crippen LogP contribution >= 0.6 is 0 Å². The Labute approximate surface area is 173 Å². The van der Waals surface area contributed by atoms with Crippen LogP contribution in [0.15, 0.2) is 30.5 Å². The molecule has 1 saturated heterocycles. The van der Waals surface area contributed by atoms with Crippen LogP contribution in [0.3, 0.4) is 0 Å². The zero-order valence-corrected chi connectivity index (χ0v) is 16.9. The molecule has 3 N–H and O–H groups in total. The Hall–Kier alpha value is -2.24. The van der Waals surface area contributed by atoms with Gasteiger partial charge in [0, 0.05) is 11.5 Å². The number of hydrogen-bond acceptors (Lipinski definition) is 8. The van der Waals surface area contributed by atoms with Crippen LogP contribution in [0, 0.1) is 11.7 Å². The molecule has 0 spiro atoms. The van der Waals surface area contributed by atoms with E-state index < -0.39 is 43.0 Å². The number of aliphatic hydroxyl groups is 3. The molecule has 0 bridgehead atoms. The molecule has 5 atom stereocenters. The quantitative estimate of drug-likeness (QED) is 0.586.